The van der Waals surface area contributed by atoms with Gasteiger partial charge in [-0.25, -0.2) is 4.57 Å². The third kappa shape index (κ3) is 37.9. The average Bonchev–Trinajstić information content (AvgIpc) is 3.13. The molecule has 4 unspecified atom stereocenters. The normalized spacial score (nSPS) is 14.8. The van der Waals surface area contributed by atoms with Crippen molar-refractivity contribution in [2.24, 2.45) is 5.73 Å². The van der Waals surface area contributed by atoms with Crippen molar-refractivity contribution >= 4 is 13.7 Å². The lowest BCUT2D eigenvalue weighted by atomic mass is 10.0. The maximum absolute atomic E-state index is 12.8. The second-order valence-electron chi connectivity index (χ2n) is 15.5. The quantitative estimate of drug-likeness (QED) is 0.0233. The van der Waals surface area contributed by atoms with E-state index in [4.69, 9.17) is 14.8 Å². The van der Waals surface area contributed by atoms with E-state index in [1.807, 2.05) is 0 Å². The lowest BCUT2D eigenvalue weighted by Gasteiger charge is -2.25. The van der Waals surface area contributed by atoms with Crippen LogP contribution in [0.25, 0.3) is 0 Å². The first-order valence-electron chi connectivity index (χ1n) is 22.4. The molecule has 0 fully saturated rings. The van der Waals surface area contributed by atoms with E-state index in [1.54, 1.807) is 0 Å². The number of nitrogens with one attached hydrogen (secondary N) is 1. The fourth-order valence-electron chi connectivity index (χ4n) is 6.76. The zero-order chi connectivity index (χ0) is 39.1. The van der Waals surface area contributed by atoms with E-state index in [-0.39, 0.29) is 26.2 Å². The molecule has 0 heterocycles. The van der Waals surface area contributed by atoms with Gasteiger partial charge in [0.15, 0.2) is 0 Å². The van der Waals surface area contributed by atoms with Crippen LogP contribution in [0.15, 0.2) is 12.2 Å². The minimum atomic E-state index is -4.37. The Morgan fingerprint density at radius 1 is 0.623 bits per heavy atom. The number of carbonyl (C=O) groups excluding carboxylic acids is 1. The summed E-state index contributed by atoms with van der Waals surface area (Å²) in [5.74, 6) is -0.416. The number of amides is 1. The van der Waals surface area contributed by atoms with Crippen molar-refractivity contribution in [3.05, 3.63) is 12.2 Å². The number of rotatable bonds is 42. The van der Waals surface area contributed by atoms with Crippen LogP contribution in [0.3, 0.4) is 0 Å². The maximum Gasteiger partial charge on any atom is 0.472 e. The van der Waals surface area contributed by atoms with Gasteiger partial charge in [-0.1, -0.05) is 187 Å². The highest BCUT2D eigenvalue weighted by Crippen LogP contribution is 2.43. The summed E-state index contributed by atoms with van der Waals surface area (Å²) in [5.41, 5.74) is 5.37. The van der Waals surface area contributed by atoms with Gasteiger partial charge in [-0.3, -0.25) is 13.8 Å². The van der Waals surface area contributed by atoms with Gasteiger partial charge in [0.1, 0.15) is 0 Å². The van der Waals surface area contributed by atoms with Crippen molar-refractivity contribution in [1.82, 2.24) is 5.32 Å². The lowest BCUT2D eigenvalue weighted by Crippen LogP contribution is -2.47. The minimum Gasteiger partial charge on any atom is -0.393 e. The summed E-state index contributed by atoms with van der Waals surface area (Å²) in [5, 5.41) is 24.2. The largest absolute Gasteiger partial charge is 0.472 e. The SMILES string of the molecule is CCCCCCCCCC/C=C\CCCCCCCC(O)CC(=O)NC(COP(=O)(O)OCCN)C(O)CCCCCCCCCCCCCCCC. The smallest absolute Gasteiger partial charge is 0.393 e. The molecule has 0 saturated heterocycles. The van der Waals surface area contributed by atoms with Gasteiger partial charge in [-0.15, -0.1) is 0 Å². The van der Waals surface area contributed by atoms with Crippen LogP contribution in [-0.2, 0) is 18.4 Å². The number of allylic oxidation sites excluding steroid dienone is 2. The number of aliphatic hydroxyl groups is 2. The number of carbonyl (C=O) groups is 1. The number of phosphoric ester groups is 1. The van der Waals surface area contributed by atoms with Crippen molar-refractivity contribution in [2.75, 3.05) is 19.8 Å². The van der Waals surface area contributed by atoms with Crippen LogP contribution < -0.4 is 11.1 Å². The molecule has 10 heteroatoms. The second kappa shape index (κ2) is 39.4. The lowest BCUT2D eigenvalue weighted by molar-refractivity contribution is -0.125. The van der Waals surface area contributed by atoms with Gasteiger partial charge in [0.25, 0.3) is 0 Å². The summed E-state index contributed by atoms with van der Waals surface area (Å²) in [4.78, 5) is 22.8. The molecule has 0 aliphatic carbocycles. The third-order valence-electron chi connectivity index (χ3n) is 10.2. The van der Waals surface area contributed by atoms with Crippen LogP contribution >= 0.6 is 7.82 Å². The molecule has 0 spiro atoms. The van der Waals surface area contributed by atoms with E-state index in [9.17, 15) is 24.5 Å². The van der Waals surface area contributed by atoms with Crippen LogP contribution in [0.1, 0.15) is 219 Å². The molecule has 0 radical (unpaired) electrons. The first-order valence-corrected chi connectivity index (χ1v) is 23.9. The van der Waals surface area contributed by atoms with Gasteiger partial charge in [-0.05, 0) is 38.5 Å². The number of hydrogen-bond donors (Lipinski definition) is 5. The van der Waals surface area contributed by atoms with Crippen LogP contribution in [-0.4, -0.2) is 59.0 Å². The molecule has 0 rings (SSSR count). The summed E-state index contributed by atoms with van der Waals surface area (Å²) >= 11 is 0. The fraction of sp³-hybridized carbons (Fsp3) is 0.930. The molecule has 9 nitrogen and oxygen atoms in total. The number of phosphoric acid groups is 1. The Labute approximate surface area is 327 Å². The fourth-order valence-corrected chi connectivity index (χ4v) is 7.52. The van der Waals surface area contributed by atoms with E-state index in [0.717, 1.165) is 44.9 Å². The Morgan fingerprint density at radius 3 is 1.45 bits per heavy atom. The van der Waals surface area contributed by atoms with Crippen LogP contribution in [0.5, 0.6) is 0 Å². The van der Waals surface area contributed by atoms with Crippen LogP contribution in [0.2, 0.25) is 0 Å². The monoisotopic (exact) mass is 775 g/mol. The Kier molecular flexibility index (Phi) is 38.8. The van der Waals surface area contributed by atoms with Gasteiger partial charge in [0.2, 0.25) is 5.91 Å². The predicted octanol–water partition coefficient (Wildman–Crippen LogP) is 11.4. The summed E-state index contributed by atoms with van der Waals surface area (Å²) < 4.78 is 22.1. The summed E-state index contributed by atoms with van der Waals surface area (Å²) in [6.45, 7) is 4.05. The van der Waals surface area contributed by atoms with Gasteiger partial charge in [0.05, 0.1) is 37.9 Å². The molecular formula is C43H87N2O7P. The topological polar surface area (TPSA) is 151 Å². The number of unbranched alkanes of at least 4 members (excludes halogenated alkanes) is 26. The summed E-state index contributed by atoms with van der Waals surface area (Å²) in [6.07, 6.45) is 39.6. The maximum atomic E-state index is 12.8. The van der Waals surface area contributed by atoms with E-state index in [2.05, 4.69) is 31.3 Å². The molecule has 0 aromatic rings. The molecule has 53 heavy (non-hydrogen) atoms. The molecule has 0 aromatic carbocycles. The average molecular weight is 775 g/mol. The number of aliphatic hydroxyl groups excluding tert-OH is 2. The van der Waals surface area contributed by atoms with Gasteiger partial charge in [0, 0.05) is 6.54 Å². The highest BCUT2D eigenvalue weighted by molar-refractivity contribution is 7.47. The number of nitrogens with two attached hydrogens (primary N) is 1. The third-order valence-corrected chi connectivity index (χ3v) is 11.2. The van der Waals surface area contributed by atoms with E-state index in [0.29, 0.717) is 12.8 Å². The van der Waals surface area contributed by atoms with Crippen LogP contribution in [0.4, 0.5) is 0 Å². The van der Waals surface area contributed by atoms with Crippen molar-refractivity contribution in [1.29, 1.82) is 0 Å². The van der Waals surface area contributed by atoms with Crippen LogP contribution in [0, 0.1) is 0 Å². The Morgan fingerprint density at radius 2 is 1.02 bits per heavy atom. The molecule has 6 N–H and O–H groups in total. The Hall–Kier alpha value is -0.800. The standard InChI is InChI=1S/C43H87N2O7P/c1-3-5-7-9-11-13-15-17-19-20-21-22-24-26-28-30-32-34-40(46)38-43(48)45-41(39-52-53(49,50)51-37-36-44)42(47)35-33-31-29-27-25-23-18-16-14-12-10-8-6-4-2/h20-21,40-42,46-47H,3-19,22-39,44H2,1-2H3,(H,45,48)(H,49,50)/b21-20-. The summed E-state index contributed by atoms with van der Waals surface area (Å²) in [7, 11) is -4.37. The first kappa shape index (κ1) is 52.2. The molecule has 0 aromatic heterocycles. The van der Waals surface area contributed by atoms with Crippen molar-refractivity contribution in [2.45, 2.75) is 238 Å². The molecule has 0 bridgehead atoms. The Balaban J connectivity index is 4.24. The van der Waals surface area contributed by atoms with E-state index >= 15 is 0 Å². The second-order valence-corrected chi connectivity index (χ2v) is 16.9. The minimum absolute atomic E-state index is 0.0600. The summed E-state index contributed by atoms with van der Waals surface area (Å²) in [6, 6.07) is -0.895. The molecular weight excluding hydrogens is 687 g/mol. The first-order chi connectivity index (χ1) is 25.8. The van der Waals surface area contributed by atoms with Gasteiger partial charge in [-0.2, -0.15) is 0 Å². The molecule has 4 atom stereocenters. The van der Waals surface area contributed by atoms with Crippen molar-refractivity contribution < 1.29 is 33.5 Å². The van der Waals surface area contributed by atoms with Gasteiger partial charge < -0.3 is 26.2 Å². The van der Waals surface area contributed by atoms with Crippen molar-refractivity contribution in [3.63, 3.8) is 0 Å². The predicted molar refractivity (Wildman–Crippen MR) is 223 cm³/mol. The van der Waals surface area contributed by atoms with E-state index < -0.39 is 32.0 Å². The zero-order valence-electron chi connectivity index (χ0n) is 34.6. The van der Waals surface area contributed by atoms with Gasteiger partial charge >= 0.3 is 7.82 Å². The zero-order valence-corrected chi connectivity index (χ0v) is 35.5. The molecule has 0 saturated carbocycles. The highest BCUT2D eigenvalue weighted by atomic mass is 31.2. The molecule has 316 valence electrons. The Bertz CT molecular complexity index is 862. The highest BCUT2D eigenvalue weighted by Gasteiger charge is 2.28. The molecule has 0 aliphatic rings. The number of hydrogen-bond acceptors (Lipinski definition) is 7. The van der Waals surface area contributed by atoms with E-state index in [1.165, 1.54) is 141 Å². The molecule has 0 aliphatic heterocycles. The molecule has 1 amide bonds. The van der Waals surface area contributed by atoms with Crippen molar-refractivity contribution in [3.8, 4) is 0 Å².